The Hall–Kier alpha value is -1.13. The fraction of sp³-hybridized carbons (Fsp3) is 0.643. The van der Waals surface area contributed by atoms with Crippen molar-refractivity contribution in [2.75, 3.05) is 13.1 Å². The minimum Gasteiger partial charge on any atom is -0.506 e. The first-order valence-electron chi connectivity index (χ1n) is 6.80. The van der Waals surface area contributed by atoms with E-state index in [9.17, 15) is 5.11 Å². The van der Waals surface area contributed by atoms with E-state index in [4.69, 9.17) is 5.73 Å². The normalized spacial score (nSPS) is 21.1. The van der Waals surface area contributed by atoms with E-state index in [1.165, 1.54) is 19.3 Å². The number of aromatic hydroxyl groups is 1. The third-order valence-corrected chi connectivity index (χ3v) is 3.69. The first kappa shape index (κ1) is 13.3. The number of nitrogens with zero attached hydrogens (tertiary/aromatic N) is 2. The Morgan fingerprint density at radius 1 is 1.44 bits per heavy atom. The van der Waals surface area contributed by atoms with Crippen molar-refractivity contribution in [1.82, 2.24) is 9.88 Å². The van der Waals surface area contributed by atoms with Gasteiger partial charge in [0.25, 0.3) is 0 Å². The number of rotatable bonds is 4. The number of pyridine rings is 1. The van der Waals surface area contributed by atoms with E-state index in [1.807, 2.05) is 13.0 Å². The van der Waals surface area contributed by atoms with Crippen LogP contribution in [0.4, 0.5) is 0 Å². The maximum absolute atomic E-state index is 9.87. The zero-order valence-electron chi connectivity index (χ0n) is 11.1. The molecule has 0 amide bonds. The molecule has 0 spiro atoms. The number of aromatic nitrogens is 1. The summed E-state index contributed by atoms with van der Waals surface area (Å²) in [5.74, 6) is 0.303. The van der Waals surface area contributed by atoms with Gasteiger partial charge < -0.3 is 10.8 Å². The van der Waals surface area contributed by atoms with Crippen LogP contribution in [0.3, 0.4) is 0 Å². The number of aryl methyl sites for hydroxylation is 1. The lowest BCUT2D eigenvalue weighted by atomic mass is 9.99. The highest BCUT2D eigenvalue weighted by atomic mass is 16.3. The molecule has 1 aliphatic heterocycles. The first-order valence-corrected chi connectivity index (χ1v) is 6.80. The summed E-state index contributed by atoms with van der Waals surface area (Å²) in [5.41, 5.74) is 7.42. The van der Waals surface area contributed by atoms with E-state index in [2.05, 4.69) is 9.88 Å². The van der Waals surface area contributed by atoms with Gasteiger partial charge in [-0.05, 0) is 51.4 Å². The summed E-state index contributed by atoms with van der Waals surface area (Å²) in [6, 6.07) is 4.12. The number of nitrogens with two attached hydrogens (primary N) is 1. The lowest BCUT2D eigenvalue weighted by Gasteiger charge is -2.35. The van der Waals surface area contributed by atoms with Crippen molar-refractivity contribution in [1.29, 1.82) is 0 Å². The van der Waals surface area contributed by atoms with Crippen LogP contribution in [0.2, 0.25) is 0 Å². The van der Waals surface area contributed by atoms with E-state index in [1.54, 1.807) is 6.07 Å². The van der Waals surface area contributed by atoms with Crippen LogP contribution in [0.1, 0.15) is 37.1 Å². The Kier molecular flexibility index (Phi) is 4.55. The number of hydrogen-bond donors (Lipinski definition) is 2. The molecule has 100 valence electrons. The van der Waals surface area contributed by atoms with Gasteiger partial charge in [-0.1, -0.05) is 6.42 Å². The second kappa shape index (κ2) is 6.16. The number of likely N-dealkylation sites (tertiary alicyclic amines) is 1. The average molecular weight is 249 g/mol. The summed E-state index contributed by atoms with van der Waals surface area (Å²) in [4.78, 5) is 6.85. The van der Waals surface area contributed by atoms with Crippen LogP contribution in [-0.4, -0.2) is 34.1 Å². The van der Waals surface area contributed by atoms with E-state index in [0.29, 0.717) is 11.8 Å². The fourth-order valence-corrected chi connectivity index (χ4v) is 2.70. The van der Waals surface area contributed by atoms with Gasteiger partial charge in [0.05, 0.1) is 5.69 Å². The standard InChI is InChI=1S/C14H23N3O/c1-11-5-6-14(18)13(16-11)10-17-9-3-2-4-12(17)7-8-15/h5-6,12,18H,2-4,7-10,15H2,1H3. The molecule has 18 heavy (non-hydrogen) atoms. The van der Waals surface area contributed by atoms with Crippen molar-refractivity contribution in [2.24, 2.45) is 5.73 Å². The quantitative estimate of drug-likeness (QED) is 0.854. The molecule has 2 heterocycles. The minimum absolute atomic E-state index is 0.303. The van der Waals surface area contributed by atoms with Crippen LogP contribution in [0.15, 0.2) is 12.1 Å². The molecule has 0 bridgehead atoms. The zero-order valence-corrected chi connectivity index (χ0v) is 11.1. The summed E-state index contributed by atoms with van der Waals surface area (Å²) >= 11 is 0. The molecular weight excluding hydrogens is 226 g/mol. The van der Waals surface area contributed by atoms with Gasteiger partial charge in [-0.15, -0.1) is 0 Å². The molecule has 1 unspecified atom stereocenters. The molecule has 2 rings (SSSR count). The monoisotopic (exact) mass is 249 g/mol. The summed E-state index contributed by atoms with van der Waals surface area (Å²) in [7, 11) is 0. The lowest BCUT2D eigenvalue weighted by Crippen LogP contribution is -2.40. The Balaban J connectivity index is 2.08. The van der Waals surface area contributed by atoms with E-state index >= 15 is 0 Å². The fourth-order valence-electron chi connectivity index (χ4n) is 2.70. The van der Waals surface area contributed by atoms with Gasteiger partial charge in [0.2, 0.25) is 0 Å². The second-order valence-corrected chi connectivity index (χ2v) is 5.12. The van der Waals surface area contributed by atoms with Crippen LogP contribution in [0.5, 0.6) is 5.75 Å². The molecule has 4 nitrogen and oxygen atoms in total. The van der Waals surface area contributed by atoms with Crippen LogP contribution in [0, 0.1) is 6.92 Å². The smallest absolute Gasteiger partial charge is 0.138 e. The third-order valence-electron chi connectivity index (χ3n) is 3.69. The van der Waals surface area contributed by atoms with Gasteiger partial charge in [-0.2, -0.15) is 0 Å². The van der Waals surface area contributed by atoms with Crippen molar-refractivity contribution in [3.8, 4) is 5.75 Å². The van der Waals surface area contributed by atoms with Gasteiger partial charge >= 0.3 is 0 Å². The molecule has 4 heteroatoms. The molecule has 3 N–H and O–H groups in total. The third kappa shape index (κ3) is 3.21. The molecule has 0 radical (unpaired) electrons. The maximum Gasteiger partial charge on any atom is 0.138 e. The van der Waals surface area contributed by atoms with Crippen LogP contribution >= 0.6 is 0 Å². The summed E-state index contributed by atoms with van der Waals surface area (Å²) in [5, 5.41) is 9.87. The topological polar surface area (TPSA) is 62.4 Å². The van der Waals surface area contributed by atoms with Crippen molar-refractivity contribution in [3.63, 3.8) is 0 Å². The van der Waals surface area contributed by atoms with Crippen LogP contribution in [-0.2, 0) is 6.54 Å². The minimum atomic E-state index is 0.303. The highest BCUT2D eigenvalue weighted by molar-refractivity contribution is 5.27. The SMILES string of the molecule is Cc1ccc(O)c(CN2CCCCC2CCN)n1. The molecular formula is C14H23N3O. The van der Waals surface area contributed by atoms with Crippen molar-refractivity contribution < 1.29 is 5.11 Å². The lowest BCUT2D eigenvalue weighted by molar-refractivity contribution is 0.131. The van der Waals surface area contributed by atoms with Crippen LogP contribution < -0.4 is 5.73 Å². The van der Waals surface area contributed by atoms with Crippen molar-refractivity contribution >= 4 is 0 Å². The summed E-state index contributed by atoms with van der Waals surface area (Å²) in [6.45, 7) is 4.50. The first-order chi connectivity index (χ1) is 8.70. The molecule has 1 saturated heterocycles. The predicted molar refractivity (Wildman–Crippen MR) is 72.4 cm³/mol. The van der Waals surface area contributed by atoms with Crippen molar-refractivity contribution in [3.05, 3.63) is 23.5 Å². The molecule has 1 aliphatic rings. The molecule has 1 aromatic rings. The molecule has 0 aliphatic carbocycles. The van der Waals surface area contributed by atoms with Gasteiger partial charge in [-0.25, -0.2) is 0 Å². The molecule has 1 atom stereocenters. The summed E-state index contributed by atoms with van der Waals surface area (Å²) < 4.78 is 0. The zero-order chi connectivity index (χ0) is 13.0. The Morgan fingerprint density at radius 3 is 3.06 bits per heavy atom. The average Bonchev–Trinajstić information content (AvgIpc) is 2.36. The highest BCUT2D eigenvalue weighted by Gasteiger charge is 2.22. The predicted octanol–water partition coefficient (Wildman–Crippen LogP) is 1.80. The van der Waals surface area contributed by atoms with Gasteiger partial charge in [0.1, 0.15) is 5.75 Å². The Labute approximate surface area is 109 Å². The van der Waals surface area contributed by atoms with Crippen LogP contribution in [0.25, 0.3) is 0 Å². The Bertz CT molecular complexity index is 393. The van der Waals surface area contributed by atoms with Crippen molar-refractivity contribution in [2.45, 2.75) is 45.2 Å². The van der Waals surface area contributed by atoms with Gasteiger partial charge in [-0.3, -0.25) is 9.88 Å². The molecule has 0 aromatic carbocycles. The summed E-state index contributed by atoms with van der Waals surface area (Å²) in [6.07, 6.45) is 4.76. The van der Waals surface area contributed by atoms with E-state index in [0.717, 1.165) is 37.4 Å². The molecule has 1 aromatic heterocycles. The maximum atomic E-state index is 9.87. The van der Waals surface area contributed by atoms with Gasteiger partial charge in [0, 0.05) is 18.3 Å². The molecule has 1 fully saturated rings. The highest BCUT2D eigenvalue weighted by Crippen LogP contribution is 2.24. The Morgan fingerprint density at radius 2 is 2.28 bits per heavy atom. The van der Waals surface area contributed by atoms with Gasteiger partial charge in [0.15, 0.2) is 0 Å². The largest absolute Gasteiger partial charge is 0.506 e. The number of piperidine rings is 1. The van der Waals surface area contributed by atoms with E-state index < -0.39 is 0 Å². The molecule has 0 saturated carbocycles. The number of hydrogen-bond acceptors (Lipinski definition) is 4. The second-order valence-electron chi connectivity index (χ2n) is 5.12. The van der Waals surface area contributed by atoms with E-state index in [-0.39, 0.29) is 0 Å².